The first kappa shape index (κ1) is 21.5. The fraction of sp³-hybridized carbons (Fsp3) is 0.409. The highest BCUT2D eigenvalue weighted by Gasteiger charge is 2.18. The Morgan fingerprint density at radius 3 is 2.65 bits per heavy atom. The minimum absolute atomic E-state index is 0.141. The van der Waals surface area contributed by atoms with Crippen molar-refractivity contribution in [2.75, 3.05) is 14.1 Å². The molecule has 0 aliphatic carbocycles. The van der Waals surface area contributed by atoms with Gasteiger partial charge in [-0.2, -0.15) is 0 Å². The Hall–Kier alpha value is -2.78. The van der Waals surface area contributed by atoms with Crippen LogP contribution in [-0.4, -0.2) is 53.7 Å². The Kier molecular flexibility index (Phi) is 6.06. The van der Waals surface area contributed by atoms with Gasteiger partial charge in [-0.05, 0) is 43.0 Å². The van der Waals surface area contributed by atoms with E-state index in [0.717, 1.165) is 60.2 Å². The zero-order valence-electron chi connectivity index (χ0n) is 17.8. The average Bonchev–Trinajstić information content (AvgIpc) is 3.05. The first-order valence-corrected chi connectivity index (χ1v) is 11.9. The Labute approximate surface area is 182 Å². The third kappa shape index (κ3) is 4.77. The van der Waals surface area contributed by atoms with E-state index in [1.165, 1.54) is 18.4 Å². The quantitative estimate of drug-likeness (QED) is 0.612. The molecule has 3 aromatic rings. The summed E-state index contributed by atoms with van der Waals surface area (Å²) in [5, 5.41) is 3.09. The van der Waals surface area contributed by atoms with E-state index < -0.39 is 10.0 Å². The lowest BCUT2D eigenvalue weighted by atomic mass is 10.1. The predicted octanol–water partition coefficient (Wildman–Crippen LogP) is 2.87. The Bertz CT molecular complexity index is 1190. The van der Waals surface area contributed by atoms with Crippen molar-refractivity contribution in [3.63, 3.8) is 0 Å². The Morgan fingerprint density at radius 2 is 1.90 bits per heavy atom. The van der Waals surface area contributed by atoms with E-state index in [2.05, 4.69) is 20.3 Å². The Balaban J connectivity index is 1.49. The summed E-state index contributed by atoms with van der Waals surface area (Å²) in [7, 11) is -0.427. The molecule has 164 valence electrons. The Morgan fingerprint density at radius 1 is 1.13 bits per heavy atom. The maximum atomic E-state index is 12.2. The number of carbonyl (C=O) groups excluding carboxylic acids is 1. The lowest BCUT2D eigenvalue weighted by molar-refractivity contribution is -0.121. The lowest BCUT2D eigenvalue weighted by Crippen LogP contribution is -2.33. The van der Waals surface area contributed by atoms with E-state index in [1.807, 2.05) is 6.07 Å². The molecule has 1 aromatic carbocycles. The van der Waals surface area contributed by atoms with Crippen LogP contribution in [0, 0.1) is 0 Å². The van der Waals surface area contributed by atoms with E-state index >= 15 is 0 Å². The SMILES string of the molecule is CN(C)S(=O)(=O)c1ccc(-c2cnc3[nH]c(CCC4CCCCC(=O)N4)nc3c2)cc1. The van der Waals surface area contributed by atoms with Gasteiger partial charge >= 0.3 is 0 Å². The number of hydrogen-bond donors (Lipinski definition) is 2. The molecule has 8 nitrogen and oxygen atoms in total. The van der Waals surface area contributed by atoms with Crippen molar-refractivity contribution >= 4 is 27.1 Å². The molecule has 1 aliphatic rings. The summed E-state index contributed by atoms with van der Waals surface area (Å²) in [6.45, 7) is 0. The van der Waals surface area contributed by atoms with E-state index in [0.29, 0.717) is 6.42 Å². The van der Waals surface area contributed by atoms with Crippen molar-refractivity contribution in [3.8, 4) is 11.1 Å². The minimum atomic E-state index is -3.45. The van der Waals surface area contributed by atoms with Crippen molar-refractivity contribution in [3.05, 3.63) is 42.4 Å². The summed E-state index contributed by atoms with van der Waals surface area (Å²) in [4.78, 5) is 24.4. The average molecular weight is 442 g/mol. The number of benzene rings is 1. The zero-order chi connectivity index (χ0) is 22.0. The molecule has 2 N–H and O–H groups in total. The van der Waals surface area contributed by atoms with Gasteiger partial charge < -0.3 is 10.3 Å². The van der Waals surface area contributed by atoms with Crippen LogP contribution in [-0.2, 0) is 21.2 Å². The van der Waals surface area contributed by atoms with Gasteiger partial charge in [0.25, 0.3) is 0 Å². The molecule has 3 heterocycles. The number of fused-ring (bicyclic) bond motifs is 1. The van der Waals surface area contributed by atoms with Crippen LogP contribution in [0.15, 0.2) is 41.4 Å². The van der Waals surface area contributed by atoms with Crippen LogP contribution < -0.4 is 5.32 Å². The molecular formula is C22H27N5O3S. The van der Waals surface area contributed by atoms with E-state index in [9.17, 15) is 13.2 Å². The number of rotatable bonds is 6. The van der Waals surface area contributed by atoms with Gasteiger partial charge in [-0.25, -0.2) is 22.7 Å². The molecule has 0 saturated carbocycles. The van der Waals surface area contributed by atoms with Crippen molar-refractivity contribution < 1.29 is 13.2 Å². The van der Waals surface area contributed by atoms with E-state index in [4.69, 9.17) is 0 Å². The number of hydrogen-bond acceptors (Lipinski definition) is 5. The molecular weight excluding hydrogens is 414 g/mol. The van der Waals surface area contributed by atoms with Crippen LogP contribution in [0.2, 0.25) is 0 Å². The predicted molar refractivity (Wildman–Crippen MR) is 119 cm³/mol. The molecule has 1 atom stereocenters. The smallest absolute Gasteiger partial charge is 0.242 e. The molecule has 9 heteroatoms. The number of imidazole rings is 1. The summed E-state index contributed by atoms with van der Waals surface area (Å²) >= 11 is 0. The molecule has 0 radical (unpaired) electrons. The normalized spacial score (nSPS) is 17.6. The van der Waals surface area contributed by atoms with Gasteiger partial charge in [0.15, 0.2) is 5.65 Å². The molecule has 31 heavy (non-hydrogen) atoms. The molecule has 1 saturated heterocycles. The summed E-state index contributed by atoms with van der Waals surface area (Å²) in [6, 6.07) is 8.91. The molecule has 0 spiro atoms. The third-order valence-corrected chi connectivity index (χ3v) is 7.48. The lowest BCUT2D eigenvalue weighted by Gasteiger charge is -2.14. The van der Waals surface area contributed by atoms with Crippen molar-refractivity contribution in [1.29, 1.82) is 0 Å². The maximum Gasteiger partial charge on any atom is 0.242 e. The van der Waals surface area contributed by atoms with Crippen LogP contribution in [0.4, 0.5) is 0 Å². The van der Waals surface area contributed by atoms with Gasteiger partial charge in [-0.3, -0.25) is 4.79 Å². The van der Waals surface area contributed by atoms with Crippen LogP contribution in [0.5, 0.6) is 0 Å². The van der Waals surface area contributed by atoms with Gasteiger partial charge in [0.05, 0.1) is 4.90 Å². The topological polar surface area (TPSA) is 108 Å². The van der Waals surface area contributed by atoms with Gasteiger partial charge in [-0.15, -0.1) is 0 Å². The first-order valence-electron chi connectivity index (χ1n) is 10.5. The highest BCUT2D eigenvalue weighted by Crippen LogP contribution is 2.24. The fourth-order valence-corrected chi connectivity index (χ4v) is 4.73. The summed E-state index contributed by atoms with van der Waals surface area (Å²) in [5.41, 5.74) is 3.23. The number of nitrogens with zero attached hydrogens (tertiary/aromatic N) is 3. The minimum Gasteiger partial charge on any atom is -0.353 e. The number of sulfonamides is 1. The second-order valence-electron chi connectivity index (χ2n) is 8.14. The molecule has 0 bridgehead atoms. The second-order valence-corrected chi connectivity index (χ2v) is 10.3. The van der Waals surface area contributed by atoms with Crippen molar-refractivity contribution in [1.82, 2.24) is 24.6 Å². The van der Waals surface area contributed by atoms with Crippen LogP contribution in [0.1, 0.15) is 37.9 Å². The van der Waals surface area contributed by atoms with Gasteiger partial charge in [0.1, 0.15) is 11.3 Å². The van der Waals surface area contributed by atoms with Crippen LogP contribution in [0.3, 0.4) is 0 Å². The summed E-state index contributed by atoms with van der Waals surface area (Å²) in [6.07, 6.45) is 7.01. The number of aromatic nitrogens is 3. The van der Waals surface area contributed by atoms with Crippen LogP contribution >= 0.6 is 0 Å². The van der Waals surface area contributed by atoms with Crippen molar-refractivity contribution in [2.45, 2.75) is 49.5 Å². The number of carbonyl (C=O) groups is 1. The number of pyridine rings is 1. The third-order valence-electron chi connectivity index (χ3n) is 5.65. The van der Waals surface area contributed by atoms with Gasteiger partial charge in [0, 0.05) is 44.7 Å². The first-order chi connectivity index (χ1) is 14.8. The zero-order valence-corrected chi connectivity index (χ0v) is 18.6. The van der Waals surface area contributed by atoms with Gasteiger partial charge in [0.2, 0.25) is 15.9 Å². The number of aromatic amines is 1. The molecule has 4 rings (SSSR count). The maximum absolute atomic E-state index is 12.2. The van der Waals surface area contributed by atoms with Gasteiger partial charge in [-0.1, -0.05) is 18.6 Å². The van der Waals surface area contributed by atoms with Crippen molar-refractivity contribution in [2.24, 2.45) is 0 Å². The molecule has 1 amide bonds. The molecule has 2 aromatic heterocycles. The summed E-state index contributed by atoms with van der Waals surface area (Å²) < 4.78 is 25.7. The highest BCUT2D eigenvalue weighted by atomic mass is 32.2. The number of aryl methyl sites for hydroxylation is 1. The molecule has 1 unspecified atom stereocenters. The van der Waals surface area contributed by atoms with Crippen LogP contribution in [0.25, 0.3) is 22.3 Å². The second kappa shape index (κ2) is 8.76. The largest absolute Gasteiger partial charge is 0.353 e. The van der Waals surface area contributed by atoms with E-state index in [1.54, 1.807) is 30.5 Å². The summed E-state index contributed by atoms with van der Waals surface area (Å²) in [5.74, 6) is 0.994. The number of nitrogens with one attached hydrogen (secondary N) is 2. The standard InChI is InChI=1S/C22H27N5O3S/c1-27(2)31(29,30)18-10-7-15(8-11-18)16-13-19-22(23-14-16)26-20(25-19)12-9-17-5-3-4-6-21(28)24-17/h7-8,10-11,13-14,17H,3-6,9,12H2,1-2H3,(H,24,28)(H,23,25,26). The fourth-order valence-electron chi connectivity index (χ4n) is 3.83. The molecule has 1 aliphatic heterocycles. The highest BCUT2D eigenvalue weighted by molar-refractivity contribution is 7.89. The number of amides is 1. The van der Waals surface area contributed by atoms with E-state index in [-0.39, 0.29) is 16.8 Å². The monoisotopic (exact) mass is 441 g/mol. The number of H-pyrrole nitrogens is 1. The molecule has 1 fully saturated rings.